The van der Waals surface area contributed by atoms with Gasteiger partial charge in [0.05, 0.1) is 19.1 Å². The molecule has 8 nitrogen and oxygen atoms in total. The van der Waals surface area contributed by atoms with E-state index in [9.17, 15) is 9.59 Å². The molecule has 2 heterocycles. The molecular weight excluding hydrogens is 414 g/mol. The Bertz CT molecular complexity index is 939. The highest BCUT2D eigenvalue weighted by Crippen LogP contribution is 2.48. The average Bonchev–Trinajstić information content (AvgIpc) is 3.19. The van der Waals surface area contributed by atoms with Gasteiger partial charge in [0.15, 0.2) is 5.79 Å². The molecular formula is C24H27NO7. The zero-order valence-electron chi connectivity index (χ0n) is 18.2. The first-order valence-corrected chi connectivity index (χ1v) is 10.6. The van der Waals surface area contributed by atoms with Crippen LogP contribution in [0.5, 0.6) is 5.75 Å². The number of carbonyl (C=O) groups excluding carboxylic acids is 2. The largest absolute Gasteiger partial charge is 0.478 e. The van der Waals surface area contributed by atoms with E-state index >= 15 is 0 Å². The minimum Gasteiger partial charge on any atom is -0.478 e. The SMILES string of the molecule is COC(=O)c1ccc(OCN2CCCC23OC(C)(CC(=O)OCc2ccccc2)O3)cc1. The summed E-state index contributed by atoms with van der Waals surface area (Å²) in [5, 5.41) is 0. The van der Waals surface area contributed by atoms with Gasteiger partial charge in [0.2, 0.25) is 5.91 Å². The fourth-order valence-electron chi connectivity index (χ4n) is 3.98. The van der Waals surface area contributed by atoms with Crippen LogP contribution in [0.3, 0.4) is 0 Å². The maximum Gasteiger partial charge on any atom is 0.337 e. The molecule has 0 unspecified atom stereocenters. The molecule has 2 saturated heterocycles. The smallest absolute Gasteiger partial charge is 0.337 e. The molecule has 1 spiro atoms. The third kappa shape index (κ3) is 4.93. The van der Waals surface area contributed by atoms with Crippen molar-refractivity contribution in [3.63, 3.8) is 0 Å². The number of likely N-dealkylation sites (tertiary alicyclic amines) is 1. The van der Waals surface area contributed by atoms with Crippen LogP contribution in [-0.2, 0) is 30.3 Å². The summed E-state index contributed by atoms with van der Waals surface area (Å²) >= 11 is 0. The van der Waals surface area contributed by atoms with Crippen LogP contribution in [0.4, 0.5) is 0 Å². The molecule has 0 N–H and O–H groups in total. The van der Waals surface area contributed by atoms with Crippen LogP contribution in [0, 0.1) is 0 Å². The third-order valence-electron chi connectivity index (χ3n) is 5.52. The van der Waals surface area contributed by atoms with E-state index in [0.29, 0.717) is 17.7 Å². The Morgan fingerprint density at radius 1 is 1.06 bits per heavy atom. The van der Waals surface area contributed by atoms with E-state index in [1.165, 1.54) is 7.11 Å². The van der Waals surface area contributed by atoms with Gasteiger partial charge in [0.25, 0.3) is 0 Å². The summed E-state index contributed by atoms with van der Waals surface area (Å²) in [6.07, 6.45) is 1.58. The van der Waals surface area contributed by atoms with Gasteiger partial charge < -0.3 is 23.7 Å². The van der Waals surface area contributed by atoms with Gasteiger partial charge in [-0.15, -0.1) is 0 Å². The zero-order valence-corrected chi connectivity index (χ0v) is 18.2. The van der Waals surface area contributed by atoms with Crippen LogP contribution in [0.1, 0.15) is 42.1 Å². The van der Waals surface area contributed by atoms with Gasteiger partial charge in [-0.05, 0) is 43.2 Å². The van der Waals surface area contributed by atoms with Crippen molar-refractivity contribution in [3.8, 4) is 5.75 Å². The molecule has 2 aromatic rings. The van der Waals surface area contributed by atoms with Gasteiger partial charge in [-0.3, -0.25) is 4.79 Å². The molecule has 2 fully saturated rings. The number of hydrogen-bond donors (Lipinski definition) is 0. The van der Waals surface area contributed by atoms with E-state index in [1.807, 2.05) is 35.2 Å². The van der Waals surface area contributed by atoms with E-state index in [4.69, 9.17) is 23.7 Å². The lowest BCUT2D eigenvalue weighted by Crippen LogP contribution is -2.67. The fourth-order valence-corrected chi connectivity index (χ4v) is 3.98. The van der Waals surface area contributed by atoms with E-state index in [-0.39, 0.29) is 25.7 Å². The number of nitrogens with zero attached hydrogens (tertiary/aromatic N) is 1. The predicted octanol–water partition coefficient (Wildman–Crippen LogP) is 3.46. The van der Waals surface area contributed by atoms with Crippen LogP contribution in [0.15, 0.2) is 54.6 Å². The van der Waals surface area contributed by atoms with Crippen molar-refractivity contribution in [2.24, 2.45) is 0 Å². The highest BCUT2D eigenvalue weighted by Gasteiger charge is 2.61. The summed E-state index contributed by atoms with van der Waals surface area (Å²) in [4.78, 5) is 25.8. The normalized spacial score (nSPS) is 24.7. The lowest BCUT2D eigenvalue weighted by molar-refractivity contribution is -0.540. The Morgan fingerprint density at radius 2 is 1.78 bits per heavy atom. The van der Waals surface area contributed by atoms with Gasteiger partial charge in [0.1, 0.15) is 19.1 Å². The van der Waals surface area contributed by atoms with Crippen molar-refractivity contribution in [2.45, 2.75) is 44.5 Å². The van der Waals surface area contributed by atoms with Crippen LogP contribution in [0.25, 0.3) is 0 Å². The summed E-state index contributed by atoms with van der Waals surface area (Å²) < 4.78 is 28.1. The summed E-state index contributed by atoms with van der Waals surface area (Å²) in [5.74, 6) is -2.07. The zero-order chi connectivity index (χ0) is 22.6. The van der Waals surface area contributed by atoms with Crippen LogP contribution < -0.4 is 4.74 Å². The number of ether oxygens (including phenoxy) is 5. The molecule has 2 aliphatic heterocycles. The average molecular weight is 441 g/mol. The summed E-state index contributed by atoms with van der Waals surface area (Å²) in [5.41, 5.74) is 1.38. The van der Waals surface area contributed by atoms with E-state index < -0.39 is 17.7 Å². The molecule has 8 heteroatoms. The lowest BCUT2D eigenvalue weighted by Gasteiger charge is -2.55. The molecule has 0 atom stereocenters. The Hall–Kier alpha value is -2.94. The van der Waals surface area contributed by atoms with Crippen molar-refractivity contribution < 1.29 is 33.3 Å². The van der Waals surface area contributed by atoms with Gasteiger partial charge in [-0.1, -0.05) is 30.3 Å². The third-order valence-corrected chi connectivity index (χ3v) is 5.52. The first kappa shape index (κ1) is 22.3. The summed E-state index contributed by atoms with van der Waals surface area (Å²) in [7, 11) is 1.34. The predicted molar refractivity (Wildman–Crippen MR) is 113 cm³/mol. The maximum atomic E-state index is 12.3. The van der Waals surface area contributed by atoms with E-state index in [1.54, 1.807) is 31.2 Å². The number of methoxy groups -OCH3 is 1. The minimum absolute atomic E-state index is 0.00523. The minimum atomic E-state index is -1.03. The maximum absolute atomic E-state index is 12.3. The van der Waals surface area contributed by atoms with Crippen molar-refractivity contribution in [1.29, 1.82) is 0 Å². The van der Waals surface area contributed by atoms with Crippen molar-refractivity contribution in [1.82, 2.24) is 4.90 Å². The molecule has 2 aliphatic rings. The molecule has 0 amide bonds. The molecule has 32 heavy (non-hydrogen) atoms. The van der Waals surface area contributed by atoms with Crippen molar-refractivity contribution in [3.05, 3.63) is 65.7 Å². The van der Waals surface area contributed by atoms with Gasteiger partial charge in [-0.25, -0.2) is 9.69 Å². The fraction of sp³-hybridized carbons (Fsp3) is 0.417. The number of esters is 2. The number of benzene rings is 2. The second kappa shape index (κ2) is 9.28. The second-order valence-corrected chi connectivity index (χ2v) is 8.03. The highest BCUT2D eigenvalue weighted by molar-refractivity contribution is 5.89. The Labute approximate surface area is 187 Å². The molecule has 0 bridgehead atoms. The quantitative estimate of drug-likeness (QED) is 0.576. The first-order chi connectivity index (χ1) is 15.4. The van der Waals surface area contributed by atoms with E-state index in [2.05, 4.69) is 0 Å². The van der Waals surface area contributed by atoms with Gasteiger partial charge in [-0.2, -0.15) is 0 Å². The summed E-state index contributed by atoms with van der Waals surface area (Å²) in [6.45, 7) is 2.96. The second-order valence-electron chi connectivity index (χ2n) is 8.03. The monoisotopic (exact) mass is 441 g/mol. The van der Waals surface area contributed by atoms with Gasteiger partial charge >= 0.3 is 11.9 Å². The number of rotatable bonds is 8. The lowest BCUT2D eigenvalue weighted by atomic mass is 10.1. The molecule has 0 aliphatic carbocycles. The Kier molecular flexibility index (Phi) is 6.45. The summed E-state index contributed by atoms with van der Waals surface area (Å²) in [6, 6.07) is 16.2. The topological polar surface area (TPSA) is 83.5 Å². The van der Waals surface area contributed by atoms with Crippen molar-refractivity contribution in [2.75, 3.05) is 20.4 Å². The molecule has 0 aromatic heterocycles. The molecule has 4 rings (SSSR count). The van der Waals surface area contributed by atoms with Crippen LogP contribution in [0.2, 0.25) is 0 Å². The standard InChI is InChI=1S/C24H27NO7/c1-23(15-21(26)29-16-18-7-4-3-5-8-18)31-24(32-23)13-6-14-25(24)17-30-20-11-9-19(10-12-20)22(27)28-2/h3-5,7-12H,6,13-17H2,1-2H3. The molecule has 170 valence electrons. The van der Waals surface area contributed by atoms with E-state index in [0.717, 1.165) is 18.5 Å². The van der Waals surface area contributed by atoms with Crippen LogP contribution in [-0.4, -0.2) is 48.9 Å². The van der Waals surface area contributed by atoms with Crippen LogP contribution >= 0.6 is 0 Å². The molecule has 0 saturated carbocycles. The van der Waals surface area contributed by atoms with Gasteiger partial charge in [0, 0.05) is 13.0 Å². The molecule has 2 aromatic carbocycles. The first-order valence-electron chi connectivity index (χ1n) is 10.6. The number of hydrogen-bond acceptors (Lipinski definition) is 8. The Balaban J connectivity index is 1.26. The number of carbonyl (C=O) groups is 2. The molecule has 0 radical (unpaired) electrons. The van der Waals surface area contributed by atoms with Crippen molar-refractivity contribution >= 4 is 11.9 Å². The highest BCUT2D eigenvalue weighted by atomic mass is 16.9. The Morgan fingerprint density at radius 3 is 2.47 bits per heavy atom.